The van der Waals surface area contributed by atoms with E-state index in [1.807, 2.05) is 20.8 Å². The van der Waals surface area contributed by atoms with Gasteiger partial charge in [-0.15, -0.1) is 0 Å². The molecule has 43 heavy (non-hydrogen) atoms. The van der Waals surface area contributed by atoms with Crippen molar-refractivity contribution < 1.29 is 40.6 Å². The minimum absolute atomic E-state index is 0.0302. The third kappa shape index (κ3) is 8.36. The number of esters is 1. The summed E-state index contributed by atoms with van der Waals surface area (Å²) in [6, 6.07) is 10.7. The molecule has 0 aliphatic heterocycles. The first-order chi connectivity index (χ1) is 20.0. The van der Waals surface area contributed by atoms with E-state index in [1.54, 1.807) is 22.8 Å². The normalized spacial score (nSPS) is 13.8. The molecule has 1 aromatic heterocycles. The lowest BCUT2D eigenvalue weighted by Crippen LogP contribution is -2.44. The van der Waals surface area contributed by atoms with Crippen molar-refractivity contribution in [2.45, 2.75) is 79.2 Å². The number of benzene rings is 2. The average Bonchev–Trinajstić information content (AvgIpc) is 3.26. The van der Waals surface area contributed by atoms with E-state index >= 15 is 0 Å². The van der Waals surface area contributed by atoms with Gasteiger partial charge in [0, 0.05) is 34.8 Å². The highest BCUT2D eigenvalue weighted by molar-refractivity contribution is 5.89. The average molecular weight is 612 g/mol. The Morgan fingerprint density at radius 3 is 2.26 bits per heavy atom. The molecule has 0 bridgehead atoms. The van der Waals surface area contributed by atoms with Gasteiger partial charge in [0.1, 0.15) is 24.4 Å². The Labute approximate surface area is 248 Å². The van der Waals surface area contributed by atoms with Crippen LogP contribution in [-0.4, -0.2) is 29.9 Å². The highest BCUT2D eigenvalue weighted by Crippen LogP contribution is 2.42. The van der Waals surface area contributed by atoms with Crippen molar-refractivity contribution in [3.05, 3.63) is 65.7 Å². The van der Waals surface area contributed by atoms with Crippen molar-refractivity contribution >= 4 is 16.9 Å². The van der Waals surface area contributed by atoms with Crippen LogP contribution in [0.1, 0.15) is 65.0 Å². The first kappa shape index (κ1) is 34.1. The Kier molecular flexibility index (Phi) is 10.7. The number of unbranched alkanes of at least 4 members (excludes halogenated alkanes) is 2. The summed E-state index contributed by atoms with van der Waals surface area (Å²) in [5.74, 6) is -0.785. The van der Waals surface area contributed by atoms with Crippen LogP contribution < -0.4 is 4.74 Å². The minimum Gasteiger partial charge on any atom is -0.492 e. The maximum absolute atomic E-state index is 14.3. The lowest BCUT2D eigenvalue weighted by molar-refractivity contribution is -0.240. The number of rotatable bonds is 13. The smallest absolute Gasteiger partial charge is 0.417 e. The van der Waals surface area contributed by atoms with Crippen LogP contribution in [0.2, 0.25) is 0 Å². The van der Waals surface area contributed by atoms with E-state index in [4.69, 9.17) is 9.47 Å². The number of carbonyl (C=O) groups is 1. The summed E-state index contributed by atoms with van der Waals surface area (Å²) in [4.78, 5) is 11.7. The SMILES string of the molecule is C=C(C)C(=O)OCC(C)(COc1ccc2cc(-c3ccc(CCCCC)cc3C(F)(F)F)n(CC(C)C)c2c1)C(F)(F)F. The summed E-state index contributed by atoms with van der Waals surface area (Å²) in [5, 5.41) is 0.622. The molecule has 0 N–H and O–H groups in total. The molecule has 3 aromatic rings. The topological polar surface area (TPSA) is 40.5 Å². The maximum atomic E-state index is 14.3. The van der Waals surface area contributed by atoms with E-state index in [2.05, 4.69) is 6.58 Å². The van der Waals surface area contributed by atoms with Gasteiger partial charge in [-0.05, 0) is 62.4 Å². The molecule has 0 saturated heterocycles. The Balaban J connectivity index is 2.03. The van der Waals surface area contributed by atoms with Gasteiger partial charge in [-0.3, -0.25) is 0 Å². The zero-order valence-corrected chi connectivity index (χ0v) is 25.2. The van der Waals surface area contributed by atoms with Crippen LogP contribution in [0.25, 0.3) is 22.2 Å². The first-order valence-corrected chi connectivity index (χ1v) is 14.3. The van der Waals surface area contributed by atoms with Crippen molar-refractivity contribution in [2.24, 2.45) is 11.3 Å². The number of alkyl halides is 6. The summed E-state index contributed by atoms with van der Waals surface area (Å²) in [5.41, 5.74) is -1.72. The number of aryl methyl sites for hydroxylation is 1. The summed E-state index contributed by atoms with van der Waals surface area (Å²) in [6.45, 7) is 10.1. The zero-order valence-electron chi connectivity index (χ0n) is 25.2. The van der Waals surface area contributed by atoms with Crippen LogP contribution in [0.4, 0.5) is 26.3 Å². The van der Waals surface area contributed by atoms with Crippen molar-refractivity contribution in [3.8, 4) is 17.0 Å². The van der Waals surface area contributed by atoms with Gasteiger partial charge in [0.25, 0.3) is 0 Å². The Morgan fingerprint density at radius 2 is 1.67 bits per heavy atom. The van der Waals surface area contributed by atoms with Gasteiger partial charge >= 0.3 is 18.3 Å². The quantitative estimate of drug-likeness (QED) is 0.0836. The predicted octanol–water partition coefficient (Wildman–Crippen LogP) is 9.78. The molecule has 0 aliphatic rings. The summed E-state index contributed by atoms with van der Waals surface area (Å²) < 4.78 is 97.0. The lowest BCUT2D eigenvalue weighted by Gasteiger charge is -2.31. The minimum atomic E-state index is -4.76. The third-order valence-corrected chi connectivity index (χ3v) is 7.27. The molecular weight excluding hydrogens is 572 g/mol. The number of aromatic nitrogens is 1. The second-order valence-electron chi connectivity index (χ2n) is 11.8. The fraction of sp³-hybridized carbons (Fsp3) is 0.485. The predicted molar refractivity (Wildman–Crippen MR) is 156 cm³/mol. The van der Waals surface area contributed by atoms with E-state index < -0.39 is 42.5 Å². The number of ether oxygens (including phenoxy) is 2. The first-order valence-electron chi connectivity index (χ1n) is 14.3. The van der Waals surface area contributed by atoms with Gasteiger partial charge in [0.2, 0.25) is 0 Å². The fourth-order valence-electron chi connectivity index (χ4n) is 4.69. The molecule has 1 atom stereocenters. The molecule has 0 saturated carbocycles. The fourth-order valence-corrected chi connectivity index (χ4v) is 4.69. The van der Waals surface area contributed by atoms with Crippen LogP contribution in [0, 0.1) is 11.3 Å². The Morgan fingerprint density at radius 1 is 0.977 bits per heavy atom. The number of halogens is 6. The second kappa shape index (κ2) is 13.5. The van der Waals surface area contributed by atoms with E-state index in [-0.39, 0.29) is 22.8 Å². The zero-order chi connectivity index (χ0) is 32.2. The van der Waals surface area contributed by atoms with Crippen LogP contribution in [-0.2, 0) is 28.7 Å². The van der Waals surface area contributed by atoms with E-state index in [1.165, 1.54) is 31.2 Å². The molecule has 0 fully saturated rings. The highest BCUT2D eigenvalue weighted by atomic mass is 19.4. The van der Waals surface area contributed by atoms with E-state index in [9.17, 15) is 31.1 Å². The van der Waals surface area contributed by atoms with Crippen LogP contribution >= 0.6 is 0 Å². The third-order valence-electron chi connectivity index (χ3n) is 7.27. The molecule has 236 valence electrons. The number of hydrogen-bond donors (Lipinski definition) is 0. The molecule has 10 heteroatoms. The number of hydrogen-bond acceptors (Lipinski definition) is 3. The molecule has 4 nitrogen and oxygen atoms in total. The monoisotopic (exact) mass is 611 g/mol. The molecule has 3 rings (SSSR count). The van der Waals surface area contributed by atoms with Gasteiger partial charge in [-0.2, -0.15) is 26.3 Å². The molecular formula is C33H39F6NO3. The van der Waals surface area contributed by atoms with Gasteiger partial charge in [-0.1, -0.05) is 52.3 Å². The lowest BCUT2D eigenvalue weighted by atomic mass is 9.92. The summed E-state index contributed by atoms with van der Waals surface area (Å²) >= 11 is 0. The van der Waals surface area contributed by atoms with Gasteiger partial charge in [0.05, 0.1) is 11.1 Å². The number of fused-ring (bicyclic) bond motifs is 1. The summed E-state index contributed by atoms with van der Waals surface area (Å²) in [6.07, 6.45) is -6.10. The highest BCUT2D eigenvalue weighted by Gasteiger charge is 2.53. The molecule has 0 amide bonds. The van der Waals surface area contributed by atoms with Gasteiger partial charge in [-0.25, -0.2) is 4.79 Å². The van der Waals surface area contributed by atoms with Gasteiger partial charge < -0.3 is 14.0 Å². The molecule has 0 radical (unpaired) electrons. The van der Waals surface area contributed by atoms with Crippen molar-refractivity contribution in [1.29, 1.82) is 0 Å². The Bertz CT molecular complexity index is 1440. The van der Waals surface area contributed by atoms with Crippen molar-refractivity contribution in [3.63, 3.8) is 0 Å². The van der Waals surface area contributed by atoms with E-state index in [0.717, 1.165) is 26.2 Å². The van der Waals surface area contributed by atoms with Crippen molar-refractivity contribution in [1.82, 2.24) is 4.57 Å². The maximum Gasteiger partial charge on any atom is 0.417 e. The molecule has 1 unspecified atom stereocenters. The second-order valence-corrected chi connectivity index (χ2v) is 11.8. The molecule has 0 aliphatic carbocycles. The van der Waals surface area contributed by atoms with E-state index in [0.29, 0.717) is 35.1 Å². The number of nitrogens with zero attached hydrogens (tertiary/aromatic N) is 1. The van der Waals surface area contributed by atoms with Gasteiger partial charge in [0.15, 0.2) is 0 Å². The summed E-state index contributed by atoms with van der Waals surface area (Å²) in [7, 11) is 0. The standard InChI is InChI=1S/C33H39F6NO3/c1-7-8-9-10-23-11-14-26(27(15-23)32(34,35)36)29-16-24-12-13-25(17-28(24)40(29)18-21(2)3)42-19-31(6,33(37,38)39)20-43-30(41)22(4)5/h11-17,21H,4,7-10,18-20H2,1-3,5-6H3. The molecule has 2 aromatic carbocycles. The number of carbonyl (C=O) groups excluding carboxylic acids is 1. The Hall–Kier alpha value is -3.43. The largest absolute Gasteiger partial charge is 0.492 e. The molecule has 1 heterocycles. The molecule has 0 spiro atoms. The van der Waals surface area contributed by atoms with Crippen LogP contribution in [0.5, 0.6) is 5.75 Å². The van der Waals surface area contributed by atoms with Crippen LogP contribution in [0.15, 0.2) is 54.6 Å². The van der Waals surface area contributed by atoms with Crippen molar-refractivity contribution in [2.75, 3.05) is 13.2 Å². The van der Waals surface area contributed by atoms with Crippen LogP contribution in [0.3, 0.4) is 0 Å².